The fourth-order valence-electron chi connectivity index (χ4n) is 1.92. The van der Waals surface area contributed by atoms with Crippen molar-refractivity contribution in [2.24, 2.45) is 5.73 Å². The number of phenols is 1. The third-order valence-electron chi connectivity index (χ3n) is 2.87. The zero-order valence-electron chi connectivity index (χ0n) is 11.3. The number of urea groups is 1. The maximum atomic E-state index is 11.7. The molecule has 0 unspecified atom stereocenters. The molecule has 6 nitrogen and oxygen atoms in total. The third-order valence-corrected chi connectivity index (χ3v) is 2.87. The third kappa shape index (κ3) is 2.94. The molecule has 0 saturated heterocycles. The van der Waals surface area contributed by atoms with E-state index in [1.165, 1.54) is 25.3 Å². The fourth-order valence-corrected chi connectivity index (χ4v) is 1.92. The number of anilines is 2. The van der Waals surface area contributed by atoms with Crippen LogP contribution in [-0.4, -0.2) is 24.2 Å². The first-order chi connectivity index (χ1) is 10.0. The highest BCUT2D eigenvalue weighted by Gasteiger charge is 2.19. The number of para-hydroxylation sites is 1. The van der Waals surface area contributed by atoms with Gasteiger partial charge < -0.3 is 15.6 Å². The van der Waals surface area contributed by atoms with Crippen molar-refractivity contribution in [3.05, 3.63) is 54.1 Å². The molecule has 0 aliphatic heterocycles. The van der Waals surface area contributed by atoms with Crippen molar-refractivity contribution in [2.75, 3.05) is 12.0 Å². The van der Waals surface area contributed by atoms with Crippen LogP contribution in [0.2, 0.25) is 0 Å². The van der Waals surface area contributed by atoms with Gasteiger partial charge in [-0.1, -0.05) is 18.2 Å². The monoisotopic (exact) mass is 286 g/mol. The van der Waals surface area contributed by atoms with E-state index in [-0.39, 0.29) is 17.0 Å². The van der Waals surface area contributed by atoms with E-state index in [0.29, 0.717) is 5.69 Å². The first-order valence-electron chi connectivity index (χ1n) is 6.10. The lowest BCUT2D eigenvalue weighted by molar-refractivity contribution is 0.0600. The highest BCUT2D eigenvalue weighted by Crippen LogP contribution is 2.33. The SMILES string of the molecule is COC(=O)c1ccc(N(C(N)=O)c2ccccc2)c(O)c1. The topological polar surface area (TPSA) is 92.9 Å². The molecule has 0 heterocycles. The normalized spacial score (nSPS) is 9.95. The van der Waals surface area contributed by atoms with Crippen LogP contribution in [0.4, 0.5) is 16.2 Å². The molecule has 0 aliphatic carbocycles. The molecule has 0 atom stereocenters. The van der Waals surface area contributed by atoms with Crippen molar-refractivity contribution in [1.29, 1.82) is 0 Å². The van der Waals surface area contributed by atoms with Crippen molar-refractivity contribution >= 4 is 23.4 Å². The number of methoxy groups -OCH3 is 1. The quantitative estimate of drug-likeness (QED) is 0.847. The van der Waals surface area contributed by atoms with E-state index in [2.05, 4.69) is 4.74 Å². The molecule has 3 N–H and O–H groups in total. The first kappa shape index (κ1) is 14.4. The summed E-state index contributed by atoms with van der Waals surface area (Å²) in [7, 11) is 1.24. The molecule has 6 heteroatoms. The van der Waals surface area contributed by atoms with Crippen LogP contribution in [0.5, 0.6) is 5.75 Å². The second-order valence-electron chi connectivity index (χ2n) is 4.20. The van der Waals surface area contributed by atoms with Gasteiger partial charge in [0.1, 0.15) is 5.75 Å². The van der Waals surface area contributed by atoms with E-state index < -0.39 is 12.0 Å². The molecule has 0 spiro atoms. The number of carbonyl (C=O) groups excluding carboxylic acids is 2. The maximum Gasteiger partial charge on any atom is 0.337 e. The van der Waals surface area contributed by atoms with Crippen molar-refractivity contribution in [3.8, 4) is 5.75 Å². The Bertz CT molecular complexity index is 671. The van der Waals surface area contributed by atoms with Gasteiger partial charge in [0.25, 0.3) is 0 Å². The van der Waals surface area contributed by atoms with Crippen LogP contribution >= 0.6 is 0 Å². The maximum absolute atomic E-state index is 11.7. The largest absolute Gasteiger partial charge is 0.506 e. The smallest absolute Gasteiger partial charge is 0.337 e. The number of esters is 1. The number of carbonyl (C=O) groups is 2. The van der Waals surface area contributed by atoms with E-state index in [4.69, 9.17) is 5.73 Å². The summed E-state index contributed by atoms with van der Waals surface area (Å²) in [4.78, 5) is 24.2. The van der Waals surface area contributed by atoms with Crippen LogP contribution in [0, 0.1) is 0 Å². The predicted molar refractivity (Wildman–Crippen MR) is 77.6 cm³/mol. The van der Waals surface area contributed by atoms with Crippen LogP contribution in [0.3, 0.4) is 0 Å². The lowest BCUT2D eigenvalue weighted by Crippen LogP contribution is -2.31. The van der Waals surface area contributed by atoms with Crippen LogP contribution in [0.25, 0.3) is 0 Å². The Balaban J connectivity index is 2.47. The number of ether oxygens (including phenoxy) is 1. The number of amides is 2. The van der Waals surface area contributed by atoms with Gasteiger partial charge in [-0.2, -0.15) is 0 Å². The lowest BCUT2D eigenvalue weighted by atomic mass is 10.1. The average Bonchev–Trinajstić information content (AvgIpc) is 2.49. The number of hydrogen-bond donors (Lipinski definition) is 2. The Kier molecular flexibility index (Phi) is 4.08. The van der Waals surface area contributed by atoms with Crippen molar-refractivity contribution in [3.63, 3.8) is 0 Å². The van der Waals surface area contributed by atoms with Gasteiger partial charge in [-0.3, -0.25) is 4.90 Å². The first-order valence-corrected chi connectivity index (χ1v) is 6.10. The number of phenolic OH excluding ortho intramolecular Hbond substituents is 1. The molecular formula is C15H14N2O4. The molecule has 108 valence electrons. The molecule has 0 aliphatic rings. The van der Waals surface area contributed by atoms with E-state index in [9.17, 15) is 14.7 Å². The highest BCUT2D eigenvalue weighted by atomic mass is 16.5. The lowest BCUT2D eigenvalue weighted by Gasteiger charge is -2.21. The number of nitrogens with two attached hydrogens (primary N) is 1. The minimum atomic E-state index is -0.748. The Hall–Kier alpha value is -3.02. The van der Waals surface area contributed by atoms with Crippen LogP contribution in [0.1, 0.15) is 10.4 Å². The molecule has 0 bridgehead atoms. The van der Waals surface area contributed by atoms with E-state index in [1.807, 2.05) is 0 Å². The Labute approximate surface area is 121 Å². The summed E-state index contributed by atoms with van der Waals surface area (Å²) in [6.45, 7) is 0. The number of nitrogens with zero attached hydrogens (tertiary/aromatic N) is 1. The number of primary amides is 1. The van der Waals surface area contributed by atoms with Crippen LogP contribution < -0.4 is 10.6 Å². The molecule has 2 amide bonds. The summed E-state index contributed by atoms with van der Waals surface area (Å²) in [6, 6.07) is 12.0. The zero-order chi connectivity index (χ0) is 15.4. The van der Waals surface area contributed by atoms with Gasteiger partial charge in [0.15, 0.2) is 0 Å². The van der Waals surface area contributed by atoms with Gasteiger partial charge in [0, 0.05) is 0 Å². The van der Waals surface area contributed by atoms with Crippen molar-refractivity contribution in [1.82, 2.24) is 0 Å². The molecule has 2 aromatic rings. The number of aromatic hydroxyl groups is 1. The number of rotatable bonds is 3. The van der Waals surface area contributed by atoms with Gasteiger partial charge in [-0.25, -0.2) is 9.59 Å². The predicted octanol–water partition coefficient (Wildman–Crippen LogP) is 2.40. The highest BCUT2D eigenvalue weighted by molar-refractivity contribution is 6.00. The molecule has 2 aromatic carbocycles. The van der Waals surface area contributed by atoms with Crippen molar-refractivity contribution in [2.45, 2.75) is 0 Å². The number of benzene rings is 2. The molecule has 0 saturated carbocycles. The zero-order valence-corrected chi connectivity index (χ0v) is 11.3. The summed E-state index contributed by atoms with van der Waals surface area (Å²) in [5.74, 6) is -0.831. The summed E-state index contributed by atoms with van der Waals surface area (Å²) in [5, 5.41) is 10.1. The molecule has 0 aromatic heterocycles. The van der Waals surface area contributed by atoms with Gasteiger partial charge in [-0.05, 0) is 30.3 Å². The average molecular weight is 286 g/mol. The fraction of sp³-hybridized carbons (Fsp3) is 0.0667. The van der Waals surface area contributed by atoms with Gasteiger partial charge in [-0.15, -0.1) is 0 Å². The van der Waals surface area contributed by atoms with Gasteiger partial charge in [0.2, 0.25) is 0 Å². The minimum absolute atomic E-state index is 0.177. The summed E-state index contributed by atoms with van der Waals surface area (Å²) in [5.41, 5.74) is 6.24. The minimum Gasteiger partial charge on any atom is -0.506 e. The Morgan fingerprint density at radius 2 is 1.81 bits per heavy atom. The Morgan fingerprint density at radius 3 is 2.33 bits per heavy atom. The van der Waals surface area contributed by atoms with Crippen molar-refractivity contribution < 1.29 is 19.4 Å². The molecule has 0 radical (unpaired) electrons. The number of hydrogen-bond acceptors (Lipinski definition) is 4. The summed E-state index contributed by atoms with van der Waals surface area (Å²) < 4.78 is 4.57. The summed E-state index contributed by atoms with van der Waals surface area (Å²) >= 11 is 0. The molecule has 2 rings (SSSR count). The second kappa shape index (κ2) is 5.96. The van der Waals surface area contributed by atoms with Crippen LogP contribution in [-0.2, 0) is 4.74 Å². The van der Waals surface area contributed by atoms with E-state index in [1.54, 1.807) is 30.3 Å². The Morgan fingerprint density at radius 1 is 1.14 bits per heavy atom. The second-order valence-corrected chi connectivity index (χ2v) is 4.20. The summed E-state index contributed by atoms with van der Waals surface area (Å²) in [6.07, 6.45) is 0. The molecule has 21 heavy (non-hydrogen) atoms. The van der Waals surface area contributed by atoms with E-state index >= 15 is 0 Å². The van der Waals surface area contributed by atoms with Crippen LogP contribution in [0.15, 0.2) is 48.5 Å². The van der Waals surface area contributed by atoms with Gasteiger partial charge >= 0.3 is 12.0 Å². The molecular weight excluding hydrogens is 272 g/mol. The van der Waals surface area contributed by atoms with E-state index in [0.717, 1.165) is 4.90 Å². The molecule has 0 fully saturated rings. The van der Waals surface area contributed by atoms with Gasteiger partial charge in [0.05, 0.1) is 24.0 Å². The standard InChI is InChI=1S/C15H14N2O4/c1-21-14(19)10-7-8-12(13(18)9-10)17(15(16)20)11-5-3-2-4-6-11/h2-9,18H,1H3,(H2,16,20).